The summed E-state index contributed by atoms with van der Waals surface area (Å²) in [6, 6.07) is 5.31. The summed E-state index contributed by atoms with van der Waals surface area (Å²) in [5, 5.41) is 8.47. The van der Waals surface area contributed by atoms with Gasteiger partial charge in [0.15, 0.2) is 0 Å². The van der Waals surface area contributed by atoms with Crippen LogP contribution in [0.5, 0.6) is 0 Å². The van der Waals surface area contributed by atoms with Crippen molar-refractivity contribution in [2.45, 2.75) is 6.92 Å². The third-order valence-corrected chi connectivity index (χ3v) is 1.71. The molecule has 0 aliphatic carbocycles. The minimum Gasteiger partial charge on any atom is -0.384 e. The smallest absolute Gasteiger partial charge is 0.150 e. The van der Waals surface area contributed by atoms with Gasteiger partial charge in [-0.3, -0.25) is 4.79 Å². The van der Waals surface area contributed by atoms with Crippen LogP contribution in [0.3, 0.4) is 0 Å². The summed E-state index contributed by atoms with van der Waals surface area (Å²) in [5.41, 5.74) is 2.39. The fourth-order valence-corrected chi connectivity index (χ4v) is 1.03. The standard InChI is InChI=1S/C11H10O2/c1-9-7-10(3-2-6-12)4-5-11(9)8-13/h4-5,7-8,12H,6H2,1H3. The first-order valence-corrected chi connectivity index (χ1v) is 3.93. The Morgan fingerprint density at radius 3 is 2.85 bits per heavy atom. The monoisotopic (exact) mass is 174 g/mol. The third kappa shape index (κ3) is 2.43. The fraction of sp³-hybridized carbons (Fsp3) is 0.182. The van der Waals surface area contributed by atoms with Crippen LogP contribution in [0.15, 0.2) is 18.2 Å². The maximum Gasteiger partial charge on any atom is 0.150 e. The number of rotatable bonds is 1. The van der Waals surface area contributed by atoms with E-state index in [2.05, 4.69) is 11.8 Å². The maximum atomic E-state index is 10.5. The van der Waals surface area contributed by atoms with Crippen LogP contribution in [0.4, 0.5) is 0 Å². The molecule has 0 bridgehead atoms. The first-order valence-electron chi connectivity index (χ1n) is 3.93. The number of hydrogen-bond donors (Lipinski definition) is 1. The zero-order chi connectivity index (χ0) is 9.68. The van der Waals surface area contributed by atoms with Gasteiger partial charge in [0.05, 0.1) is 0 Å². The van der Waals surface area contributed by atoms with E-state index in [4.69, 9.17) is 5.11 Å². The Morgan fingerprint density at radius 1 is 1.54 bits per heavy atom. The topological polar surface area (TPSA) is 37.3 Å². The summed E-state index contributed by atoms with van der Waals surface area (Å²) in [6.45, 7) is 1.71. The molecule has 0 fully saturated rings. The summed E-state index contributed by atoms with van der Waals surface area (Å²) in [4.78, 5) is 10.5. The first-order chi connectivity index (χ1) is 6.27. The van der Waals surface area contributed by atoms with Crippen LogP contribution >= 0.6 is 0 Å². The number of carbonyl (C=O) groups is 1. The summed E-state index contributed by atoms with van der Waals surface area (Å²) < 4.78 is 0. The molecule has 0 saturated heterocycles. The van der Waals surface area contributed by atoms with Gasteiger partial charge in [-0.05, 0) is 24.6 Å². The van der Waals surface area contributed by atoms with Crippen LogP contribution in [0.2, 0.25) is 0 Å². The van der Waals surface area contributed by atoms with Crippen molar-refractivity contribution >= 4 is 6.29 Å². The fourth-order valence-electron chi connectivity index (χ4n) is 1.03. The number of aliphatic hydroxyl groups is 1. The van der Waals surface area contributed by atoms with Gasteiger partial charge < -0.3 is 5.11 Å². The van der Waals surface area contributed by atoms with Crippen LogP contribution in [0, 0.1) is 18.8 Å². The highest BCUT2D eigenvalue weighted by atomic mass is 16.2. The molecule has 2 heteroatoms. The van der Waals surface area contributed by atoms with Crippen molar-refractivity contribution in [2.24, 2.45) is 0 Å². The van der Waals surface area contributed by atoms with Crippen molar-refractivity contribution in [1.29, 1.82) is 0 Å². The Bertz CT molecular complexity index is 369. The SMILES string of the molecule is Cc1cc(C#CCO)ccc1C=O. The Labute approximate surface area is 77.2 Å². The molecule has 66 valence electrons. The molecule has 0 heterocycles. The third-order valence-electron chi connectivity index (χ3n) is 1.71. The van der Waals surface area contributed by atoms with E-state index in [0.717, 1.165) is 17.4 Å². The number of hydrogen-bond acceptors (Lipinski definition) is 2. The van der Waals surface area contributed by atoms with Crippen molar-refractivity contribution < 1.29 is 9.90 Å². The number of aldehydes is 1. The molecule has 0 atom stereocenters. The number of aryl methyl sites for hydroxylation is 1. The molecule has 0 radical (unpaired) electrons. The molecule has 2 nitrogen and oxygen atoms in total. The molecule has 0 spiro atoms. The van der Waals surface area contributed by atoms with Gasteiger partial charge in [0.1, 0.15) is 12.9 Å². The second-order valence-corrected chi connectivity index (χ2v) is 2.65. The quantitative estimate of drug-likeness (QED) is 0.512. The molecule has 1 aromatic rings. The van der Waals surface area contributed by atoms with E-state index in [1.54, 1.807) is 12.1 Å². The molecular weight excluding hydrogens is 164 g/mol. The Hall–Kier alpha value is -1.59. The molecule has 1 rings (SSSR count). The number of carbonyl (C=O) groups excluding carboxylic acids is 1. The lowest BCUT2D eigenvalue weighted by molar-refractivity contribution is 0.112. The van der Waals surface area contributed by atoms with E-state index in [0.29, 0.717) is 5.56 Å². The van der Waals surface area contributed by atoms with E-state index in [9.17, 15) is 4.79 Å². The second kappa shape index (κ2) is 4.44. The van der Waals surface area contributed by atoms with Gasteiger partial charge in [-0.25, -0.2) is 0 Å². The zero-order valence-electron chi connectivity index (χ0n) is 7.37. The van der Waals surface area contributed by atoms with Gasteiger partial charge >= 0.3 is 0 Å². The highest BCUT2D eigenvalue weighted by Gasteiger charge is 1.95. The van der Waals surface area contributed by atoms with Gasteiger partial charge in [0.2, 0.25) is 0 Å². The van der Waals surface area contributed by atoms with Crippen LogP contribution < -0.4 is 0 Å². The lowest BCUT2D eigenvalue weighted by Gasteiger charge is -1.97. The van der Waals surface area contributed by atoms with Crippen molar-refractivity contribution in [3.8, 4) is 11.8 Å². The number of aliphatic hydroxyl groups excluding tert-OH is 1. The van der Waals surface area contributed by atoms with E-state index < -0.39 is 0 Å². The van der Waals surface area contributed by atoms with Crippen LogP contribution in [0.25, 0.3) is 0 Å². The normalized spacial score (nSPS) is 8.77. The lowest BCUT2D eigenvalue weighted by Crippen LogP contribution is -1.87. The lowest BCUT2D eigenvalue weighted by atomic mass is 10.1. The van der Waals surface area contributed by atoms with E-state index in [1.807, 2.05) is 13.0 Å². The second-order valence-electron chi connectivity index (χ2n) is 2.65. The van der Waals surface area contributed by atoms with Gasteiger partial charge in [0, 0.05) is 11.1 Å². The van der Waals surface area contributed by atoms with Gasteiger partial charge in [0.25, 0.3) is 0 Å². The Kier molecular flexibility index (Phi) is 3.24. The van der Waals surface area contributed by atoms with E-state index in [-0.39, 0.29) is 6.61 Å². The summed E-state index contributed by atoms with van der Waals surface area (Å²) in [7, 11) is 0. The van der Waals surface area contributed by atoms with Crippen molar-refractivity contribution in [2.75, 3.05) is 6.61 Å². The van der Waals surface area contributed by atoms with Crippen LogP contribution in [-0.4, -0.2) is 18.0 Å². The van der Waals surface area contributed by atoms with Crippen LogP contribution in [-0.2, 0) is 0 Å². The molecule has 0 aromatic heterocycles. The zero-order valence-corrected chi connectivity index (χ0v) is 7.37. The predicted molar refractivity (Wildman–Crippen MR) is 50.5 cm³/mol. The Balaban J connectivity index is 3.02. The highest BCUT2D eigenvalue weighted by molar-refractivity contribution is 5.77. The minimum absolute atomic E-state index is 0.144. The van der Waals surface area contributed by atoms with Gasteiger partial charge in [-0.1, -0.05) is 17.9 Å². The minimum atomic E-state index is -0.144. The number of benzene rings is 1. The molecule has 0 aliphatic rings. The van der Waals surface area contributed by atoms with Crippen LogP contribution in [0.1, 0.15) is 21.5 Å². The largest absolute Gasteiger partial charge is 0.384 e. The van der Waals surface area contributed by atoms with Gasteiger partial charge in [-0.15, -0.1) is 0 Å². The van der Waals surface area contributed by atoms with Gasteiger partial charge in [-0.2, -0.15) is 0 Å². The maximum absolute atomic E-state index is 10.5. The molecule has 0 amide bonds. The molecule has 0 aliphatic heterocycles. The molecule has 0 saturated carbocycles. The van der Waals surface area contributed by atoms with Crippen molar-refractivity contribution in [3.63, 3.8) is 0 Å². The summed E-state index contributed by atoms with van der Waals surface area (Å²) in [5.74, 6) is 5.32. The molecular formula is C11H10O2. The molecule has 0 unspecified atom stereocenters. The molecule has 1 N–H and O–H groups in total. The van der Waals surface area contributed by atoms with E-state index in [1.165, 1.54) is 0 Å². The van der Waals surface area contributed by atoms with Crippen molar-refractivity contribution in [1.82, 2.24) is 0 Å². The highest BCUT2D eigenvalue weighted by Crippen LogP contribution is 2.07. The Morgan fingerprint density at radius 2 is 2.31 bits per heavy atom. The summed E-state index contributed by atoms with van der Waals surface area (Å²) in [6.07, 6.45) is 0.818. The molecule has 13 heavy (non-hydrogen) atoms. The van der Waals surface area contributed by atoms with Crippen molar-refractivity contribution in [3.05, 3.63) is 34.9 Å². The molecule has 1 aromatic carbocycles. The average Bonchev–Trinajstić information content (AvgIpc) is 2.15. The van der Waals surface area contributed by atoms with E-state index >= 15 is 0 Å². The average molecular weight is 174 g/mol. The predicted octanol–water partition coefficient (Wildman–Crippen LogP) is 1.15. The summed E-state index contributed by atoms with van der Waals surface area (Å²) >= 11 is 0. The first kappa shape index (κ1) is 9.50.